The average Bonchev–Trinajstić information content (AvgIpc) is 3.51. The van der Waals surface area contributed by atoms with Gasteiger partial charge in [-0.1, -0.05) is 30.3 Å². The van der Waals surface area contributed by atoms with Crippen molar-refractivity contribution in [2.75, 3.05) is 24.1 Å². The van der Waals surface area contributed by atoms with E-state index in [1.807, 2.05) is 6.07 Å². The molecule has 4 aliphatic rings. The van der Waals surface area contributed by atoms with E-state index in [0.717, 1.165) is 80.5 Å². The van der Waals surface area contributed by atoms with Gasteiger partial charge < -0.3 is 11.1 Å². The van der Waals surface area contributed by atoms with Crippen LogP contribution in [0, 0.1) is 22.7 Å². The van der Waals surface area contributed by atoms with Gasteiger partial charge in [0.15, 0.2) is 5.82 Å². The van der Waals surface area contributed by atoms with Crippen molar-refractivity contribution in [3.63, 3.8) is 0 Å². The first-order chi connectivity index (χ1) is 20.6. The predicted octanol–water partition coefficient (Wildman–Crippen LogP) is 5.02. The number of benzene rings is 2. The fourth-order valence-corrected chi connectivity index (χ4v) is 7.61. The molecular formula is C33H35N9. The maximum absolute atomic E-state index is 9.38. The highest BCUT2D eigenvalue weighted by Gasteiger charge is 2.58. The van der Waals surface area contributed by atoms with Gasteiger partial charge in [-0.05, 0) is 105 Å². The Kier molecular flexibility index (Phi) is 6.00. The lowest BCUT2D eigenvalue weighted by atomic mass is 10.0. The van der Waals surface area contributed by atoms with Crippen molar-refractivity contribution in [2.24, 2.45) is 11.3 Å². The van der Waals surface area contributed by atoms with E-state index in [2.05, 4.69) is 79.0 Å². The topological polar surface area (TPSA) is 122 Å². The molecule has 1 unspecified atom stereocenters. The molecule has 1 saturated heterocycles. The molecule has 1 aliphatic heterocycles. The fraction of sp³-hybridized carbons (Fsp3) is 0.424. The van der Waals surface area contributed by atoms with Gasteiger partial charge in [0.25, 0.3) is 0 Å². The minimum atomic E-state index is 0.274. The summed E-state index contributed by atoms with van der Waals surface area (Å²) in [5, 5.41) is 26.5. The molecule has 212 valence electrons. The lowest BCUT2D eigenvalue weighted by Gasteiger charge is -2.26. The van der Waals surface area contributed by atoms with Crippen LogP contribution < -0.4 is 11.1 Å². The number of nitrogens with one attached hydrogen (secondary N) is 1. The smallest absolute Gasteiger partial charge is 0.248 e. The van der Waals surface area contributed by atoms with Crippen LogP contribution >= 0.6 is 0 Å². The number of rotatable bonds is 4. The SMILES string of the molecule is N#C[C@H]1CC12CCN([C@H]1CCc3ccc(Nc4nc(N)n(-c5cc6c(nn5)-c5ccccc5CCC6)n4)cc3CC1)C2. The maximum atomic E-state index is 9.38. The molecule has 42 heavy (non-hydrogen) atoms. The zero-order chi connectivity index (χ0) is 28.3. The third-order valence-corrected chi connectivity index (χ3v) is 10.1. The van der Waals surface area contributed by atoms with Crippen LogP contribution in [-0.4, -0.2) is 49.0 Å². The molecular weight excluding hydrogens is 522 g/mol. The number of aryl methyl sites for hydroxylation is 4. The van der Waals surface area contributed by atoms with Gasteiger partial charge in [0.05, 0.1) is 17.7 Å². The van der Waals surface area contributed by atoms with Crippen LogP contribution in [0.25, 0.3) is 17.1 Å². The third-order valence-electron chi connectivity index (χ3n) is 10.1. The molecule has 0 radical (unpaired) electrons. The molecule has 9 nitrogen and oxygen atoms in total. The lowest BCUT2D eigenvalue weighted by molar-refractivity contribution is 0.210. The molecule has 4 aromatic rings. The van der Waals surface area contributed by atoms with E-state index in [4.69, 9.17) is 5.73 Å². The number of aromatic nitrogens is 5. The molecule has 0 amide bonds. The number of fused-ring (bicyclic) bond motifs is 4. The lowest BCUT2D eigenvalue weighted by Crippen LogP contribution is -2.34. The number of nitrogen functional groups attached to an aromatic ring is 1. The van der Waals surface area contributed by atoms with Crippen LogP contribution in [0.5, 0.6) is 0 Å². The van der Waals surface area contributed by atoms with Crippen molar-refractivity contribution in [1.82, 2.24) is 29.9 Å². The number of nitrogens with zero attached hydrogens (tertiary/aromatic N) is 7. The van der Waals surface area contributed by atoms with Crippen molar-refractivity contribution in [3.05, 3.63) is 70.8 Å². The van der Waals surface area contributed by atoms with Crippen molar-refractivity contribution < 1.29 is 0 Å². The van der Waals surface area contributed by atoms with Gasteiger partial charge in [-0.25, -0.2) is 0 Å². The van der Waals surface area contributed by atoms with E-state index < -0.39 is 0 Å². The molecule has 3 heterocycles. The van der Waals surface area contributed by atoms with Gasteiger partial charge in [0.1, 0.15) is 0 Å². The number of nitrogens with two attached hydrogens (primary N) is 1. The average molecular weight is 558 g/mol. The maximum Gasteiger partial charge on any atom is 0.248 e. The Hall–Kier alpha value is -4.29. The van der Waals surface area contributed by atoms with E-state index in [0.29, 0.717) is 23.2 Å². The van der Waals surface area contributed by atoms with E-state index in [1.54, 1.807) is 4.68 Å². The summed E-state index contributed by atoms with van der Waals surface area (Å²) in [4.78, 5) is 7.17. The molecule has 2 aromatic heterocycles. The summed E-state index contributed by atoms with van der Waals surface area (Å²) in [6, 6.07) is 20.2. The van der Waals surface area contributed by atoms with Crippen LogP contribution in [-0.2, 0) is 25.7 Å². The highest BCUT2D eigenvalue weighted by molar-refractivity contribution is 5.68. The second kappa shape index (κ2) is 9.92. The van der Waals surface area contributed by atoms with Crippen molar-refractivity contribution >= 4 is 17.6 Å². The van der Waals surface area contributed by atoms with Crippen molar-refractivity contribution in [1.29, 1.82) is 5.26 Å². The van der Waals surface area contributed by atoms with E-state index >= 15 is 0 Å². The largest absolute Gasteiger partial charge is 0.368 e. The van der Waals surface area contributed by atoms with Gasteiger partial charge in [0.2, 0.25) is 11.9 Å². The van der Waals surface area contributed by atoms with Crippen LogP contribution in [0.2, 0.25) is 0 Å². The summed E-state index contributed by atoms with van der Waals surface area (Å²) in [6.07, 6.45) is 9.81. The number of hydrogen-bond donors (Lipinski definition) is 2. The monoisotopic (exact) mass is 557 g/mol. The summed E-state index contributed by atoms with van der Waals surface area (Å²) in [5.74, 6) is 1.58. The molecule has 2 fully saturated rings. The second-order valence-electron chi connectivity index (χ2n) is 12.6. The van der Waals surface area contributed by atoms with Gasteiger partial charge in [-0.2, -0.15) is 14.9 Å². The number of nitriles is 1. The van der Waals surface area contributed by atoms with Crippen LogP contribution in [0.4, 0.5) is 17.6 Å². The quantitative estimate of drug-likeness (QED) is 0.336. The van der Waals surface area contributed by atoms with Gasteiger partial charge in [0, 0.05) is 29.3 Å². The summed E-state index contributed by atoms with van der Waals surface area (Å²) < 4.78 is 1.57. The molecule has 8 rings (SSSR count). The molecule has 3 N–H and O–H groups in total. The summed E-state index contributed by atoms with van der Waals surface area (Å²) >= 11 is 0. The Morgan fingerprint density at radius 1 is 0.952 bits per heavy atom. The summed E-state index contributed by atoms with van der Waals surface area (Å²) in [7, 11) is 0. The minimum absolute atomic E-state index is 0.274. The molecule has 0 bridgehead atoms. The van der Waals surface area contributed by atoms with Crippen LogP contribution in [0.3, 0.4) is 0 Å². The Labute approximate surface area is 245 Å². The highest BCUT2D eigenvalue weighted by atomic mass is 15.4. The van der Waals surface area contributed by atoms with Gasteiger partial charge in [-0.15, -0.1) is 15.3 Å². The van der Waals surface area contributed by atoms with E-state index in [-0.39, 0.29) is 11.9 Å². The van der Waals surface area contributed by atoms with Crippen LogP contribution in [0.1, 0.15) is 54.4 Å². The Morgan fingerprint density at radius 2 is 1.81 bits per heavy atom. The van der Waals surface area contributed by atoms with Crippen molar-refractivity contribution in [3.8, 4) is 23.1 Å². The summed E-state index contributed by atoms with van der Waals surface area (Å²) in [6.45, 7) is 2.25. The zero-order valence-corrected chi connectivity index (χ0v) is 23.8. The second-order valence-corrected chi connectivity index (χ2v) is 12.6. The third kappa shape index (κ3) is 4.42. The highest BCUT2D eigenvalue weighted by Crippen LogP contribution is 2.58. The first-order valence-electron chi connectivity index (χ1n) is 15.3. The molecule has 3 aliphatic carbocycles. The standard InChI is InChI=1S/C33H35N9/c34-19-25-18-33(25)14-15-41(20-33)27-12-9-21-8-11-26(16-23(21)10-13-27)36-32-37-31(35)42(40-32)29-17-24-6-3-5-22-4-1-2-7-28(22)30(24)39-38-29/h1-2,4,7-8,11,16-17,25,27H,3,5-6,9-10,12-15,18,20H2,(H3,35,36,37,40)/t25-,27+,33?/m1/s1. The molecule has 9 heteroatoms. The number of likely N-dealkylation sites (tertiary alicyclic amines) is 1. The zero-order valence-electron chi connectivity index (χ0n) is 23.8. The Bertz CT molecular complexity index is 1720. The first kappa shape index (κ1) is 25.4. The number of hydrogen-bond acceptors (Lipinski definition) is 8. The normalized spacial score (nSPS) is 24.6. The first-order valence-corrected chi connectivity index (χ1v) is 15.3. The van der Waals surface area contributed by atoms with Gasteiger partial charge >= 0.3 is 0 Å². The predicted molar refractivity (Wildman–Crippen MR) is 161 cm³/mol. The number of anilines is 3. The summed E-state index contributed by atoms with van der Waals surface area (Å²) in [5.41, 5.74) is 15.0. The van der Waals surface area contributed by atoms with Crippen molar-refractivity contribution in [2.45, 2.75) is 63.8 Å². The molecule has 1 saturated carbocycles. The minimum Gasteiger partial charge on any atom is -0.368 e. The van der Waals surface area contributed by atoms with Gasteiger partial charge in [-0.3, -0.25) is 4.90 Å². The molecule has 2 aromatic carbocycles. The van der Waals surface area contributed by atoms with E-state index in [1.165, 1.54) is 29.5 Å². The Balaban J connectivity index is 0.975. The molecule has 3 atom stereocenters. The molecule has 1 spiro atoms. The van der Waals surface area contributed by atoms with Crippen LogP contribution in [0.15, 0.2) is 48.5 Å². The Morgan fingerprint density at radius 3 is 2.69 bits per heavy atom. The fourth-order valence-electron chi connectivity index (χ4n) is 7.61. The van der Waals surface area contributed by atoms with E-state index in [9.17, 15) is 5.26 Å².